The van der Waals surface area contributed by atoms with Crippen LogP contribution in [0, 0.1) is 0 Å². The molecule has 0 saturated heterocycles. The van der Waals surface area contributed by atoms with Gasteiger partial charge in [-0.05, 0) is 30.5 Å². The standard InChI is InChI=1S/C14H23NO2/c1-4-11-6-7-14(16-3)12(8-11)9-17-10-13(15)5-2/h6-8,13H,4-5,9-10,15H2,1-3H3. The lowest BCUT2D eigenvalue weighted by atomic mass is 10.1. The highest BCUT2D eigenvalue weighted by Crippen LogP contribution is 2.21. The second kappa shape index (κ2) is 7.30. The van der Waals surface area contributed by atoms with E-state index >= 15 is 0 Å². The second-order valence-electron chi connectivity index (χ2n) is 4.18. The quantitative estimate of drug-likeness (QED) is 0.792. The summed E-state index contributed by atoms with van der Waals surface area (Å²) in [7, 11) is 1.68. The van der Waals surface area contributed by atoms with Gasteiger partial charge in [0, 0.05) is 11.6 Å². The predicted molar refractivity (Wildman–Crippen MR) is 70.3 cm³/mol. The van der Waals surface area contributed by atoms with E-state index in [1.807, 2.05) is 6.07 Å². The molecule has 0 spiro atoms. The first-order valence-electron chi connectivity index (χ1n) is 6.20. The molecular weight excluding hydrogens is 214 g/mol. The first-order valence-corrected chi connectivity index (χ1v) is 6.20. The lowest BCUT2D eigenvalue weighted by Gasteiger charge is -2.13. The van der Waals surface area contributed by atoms with Gasteiger partial charge >= 0.3 is 0 Å². The zero-order chi connectivity index (χ0) is 12.7. The average molecular weight is 237 g/mol. The molecule has 3 heteroatoms. The van der Waals surface area contributed by atoms with E-state index in [-0.39, 0.29) is 6.04 Å². The zero-order valence-electron chi connectivity index (χ0n) is 11.0. The lowest BCUT2D eigenvalue weighted by molar-refractivity contribution is 0.105. The van der Waals surface area contributed by atoms with Crippen molar-refractivity contribution in [1.82, 2.24) is 0 Å². The second-order valence-corrected chi connectivity index (χ2v) is 4.18. The van der Waals surface area contributed by atoms with Crippen LogP contribution in [0.5, 0.6) is 5.75 Å². The molecule has 1 aromatic rings. The van der Waals surface area contributed by atoms with Crippen LogP contribution in [0.3, 0.4) is 0 Å². The van der Waals surface area contributed by atoms with Crippen molar-refractivity contribution in [3.8, 4) is 5.75 Å². The van der Waals surface area contributed by atoms with Crippen molar-refractivity contribution in [2.24, 2.45) is 5.73 Å². The molecule has 1 aromatic carbocycles. The van der Waals surface area contributed by atoms with Crippen LogP contribution < -0.4 is 10.5 Å². The third-order valence-corrected chi connectivity index (χ3v) is 2.87. The molecule has 1 atom stereocenters. The molecule has 96 valence electrons. The Morgan fingerprint density at radius 2 is 2.06 bits per heavy atom. The Morgan fingerprint density at radius 1 is 1.29 bits per heavy atom. The minimum Gasteiger partial charge on any atom is -0.496 e. The fourth-order valence-corrected chi connectivity index (χ4v) is 1.60. The highest BCUT2D eigenvalue weighted by atomic mass is 16.5. The van der Waals surface area contributed by atoms with Crippen LogP contribution in [-0.4, -0.2) is 19.8 Å². The summed E-state index contributed by atoms with van der Waals surface area (Å²) in [5, 5.41) is 0. The van der Waals surface area contributed by atoms with E-state index in [0.29, 0.717) is 13.2 Å². The molecule has 0 bridgehead atoms. The van der Waals surface area contributed by atoms with Crippen molar-refractivity contribution in [3.63, 3.8) is 0 Å². The monoisotopic (exact) mass is 237 g/mol. The lowest BCUT2D eigenvalue weighted by Crippen LogP contribution is -2.24. The molecule has 1 unspecified atom stereocenters. The summed E-state index contributed by atoms with van der Waals surface area (Å²) >= 11 is 0. The number of methoxy groups -OCH3 is 1. The van der Waals surface area contributed by atoms with Gasteiger partial charge in [-0.2, -0.15) is 0 Å². The summed E-state index contributed by atoms with van der Waals surface area (Å²) in [6.45, 7) is 5.35. The van der Waals surface area contributed by atoms with Gasteiger partial charge in [0.25, 0.3) is 0 Å². The molecule has 0 saturated carbocycles. The third-order valence-electron chi connectivity index (χ3n) is 2.87. The molecule has 0 heterocycles. The van der Waals surface area contributed by atoms with E-state index in [9.17, 15) is 0 Å². The van der Waals surface area contributed by atoms with E-state index in [4.69, 9.17) is 15.2 Å². The highest BCUT2D eigenvalue weighted by molar-refractivity contribution is 5.36. The van der Waals surface area contributed by atoms with Gasteiger partial charge in [0.05, 0.1) is 20.3 Å². The Hall–Kier alpha value is -1.06. The smallest absolute Gasteiger partial charge is 0.124 e. The Morgan fingerprint density at radius 3 is 2.65 bits per heavy atom. The Bertz CT molecular complexity index is 339. The van der Waals surface area contributed by atoms with E-state index in [1.165, 1.54) is 5.56 Å². The molecular formula is C14H23NO2. The van der Waals surface area contributed by atoms with Gasteiger partial charge < -0.3 is 15.2 Å². The SMILES string of the molecule is CCc1ccc(OC)c(COCC(N)CC)c1. The molecule has 17 heavy (non-hydrogen) atoms. The van der Waals surface area contributed by atoms with Crippen LogP contribution in [0.2, 0.25) is 0 Å². The van der Waals surface area contributed by atoms with Crippen molar-refractivity contribution in [1.29, 1.82) is 0 Å². The summed E-state index contributed by atoms with van der Waals surface area (Å²) in [5.41, 5.74) is 8.20. The summed E-state index contributed by atoms with van der Waals surface area (Å²) in [4.78, 5) is 0. The van der Waals surface area contributed by atoms with E-state index in [2.05, 4.69) is 26.0 Å². The topological polar surface area (TPSA) is 44.5 Å². The molecule has 0 aliphatic rings. The summed E-state index contributed by atoms with van der Waals surface area (Å²) < 4.78 is 10.9. The van der Waals surface area contributed by atoms with Gasteiger partial charge in [0.15, 0.2) is 0 Å². The number of ether oxygens (including phenoxy) is 2. The van der Waals surface area contributed by atoms with Crippen molar-refractivity contribution in [2.75, 3.05) is 13.7 Å². The fraction of sp³-hybridized carbons (Fsp3) is 0.571. The third kappa shape index (κ3) is 4.36. The van der Waals surface area contributed by atoms with Crippen molar-refractivity contribution in [3.05, 3.63) is 29.3 Å². The Labute approximate surface area is 104 Å². The van der Waals surface area contributed by atoms with Crippen molar-refractivity contribution >= 4 is 0 Å². The summed E-state index contributed by atoms with van der Waals surface area (Å²) in [6.07, 6.45) is 1.96. The normalized spacial score (nSPS) is 12.5. The first-order chi connectivity index (χ1) is 8.21. The molecule has 0 fully saturated rings. The first kappa shape index (κ1) is 14.0. The van der Waals surface area contributed by atoms with Gasteiger partial charge in [-0.25, -0.2) is 0 Å². The van der Waals surface area contributed by atoms with E-state index in [1.54, 1.807) is 7.11 Å². The number of hydrogen-bond acceptors (Lipinski definition) is 3. The van der Waals surface area contributed by atoms with Gasteiger partial charge in [-0.3, -0.25) is 0 Å². The number of aryl methyl sites for hydroxylation is 1. The van der Waals surface area contributed by atoms with Crippen LogP contribution in [0.1, 0.15) is 31.4 Å². The molecule has 0 amide bonds. The number of hydrogen-bond donors (Lipinski definition) is 1. The minimum atomic E-state index is 0.121. The minimum absolute atomic E-state index is 0.121. The van der Waals surface area contributed by atoms with E-state index < -0.39 is 0 Å². The summed E-state index contributed by atoms with van der Waals surface area (Å²) in [6, 6.07) is 6.34. The highest BCUT2D eigenvalue weighted by Gasteiger charge is 2.05. The van der Waals surface area contributed by atoms with Crippen molar-refractivity contribution in [2.45, 2.75) is 39.3 Å². The molecule has 2 N–H and O–H groups in total. The van der Waals surface area contributed by atoms with Crippen LogP contribution in [0.25, 0.3) is 0 Å². The summed E-state index contributed by atoms with van der Waals surface area (Å²) in [5.74, 6) is 0.882. The number of rotatable bonds is 7. The van der Waals surface area contributed by atoms with Gasteiger partial charge in [0.2, 0.25) is 0 Å². The van der Waals surface area contributed by atoms with Crippen LogP contribution in [0.15, 0.2) is 18.2 Å². The molecule has 3 nitrogen and oxygen atoms in total. The Kier molecular flexibility index (Phi) is 6.01. The maximum Gasteiger partial charge on any atom is 0.124 e. The number of benzene rings is 1. The molecule has 0 radical (unpaired) electrons. The molecule has 1 rings (SSSR count). The van der Waals surface area contributed by atoms with Gasteiger partial charge in [-0.1, -0.05) is 19.9 Å². The van der Waals surface area contributed by atoms with Crippen molar-refractivity contribution < 1.29 is 9.47 Å². The fourth-order valence-electron chi connectivity index (χ4n) is 1.60. The average Bonchev–Trinajstić information content (AvgIpc) is 2.38. The zero-order valence-corrected chi connectivity index (χ0v) is 11.0. The molecule has 0 aliphatic heterocycles. The van der Waals surface area contributed by atoms with E-state index in [0.717, 1.165) is 24.2 Å². The molecule has 0 aromatic heterocycles. The predicted octanol–water partition coefficient (Wildman–Crippen LogP) is 2.51. The van der Waals surface area contributed by atoms with Gasteiger partial charge in [-0.15, -0.1) is 0 Å². The number of nitrogens with two attached hydrogens (primary N) is 1. The van der Waals surface area contributed by atoms with Crippen LogP contribution >= 0.6 is 0 Å². The molecule has 0 aliphatic carbocycles. The maximum atomic E-state index is 5.81. The maximum absolute atomic E-state index is 5.81. The van der Waals surface area contributed by atoms with Crippen LogP contribution in [-0.2, 0) is 17.8 Å². The van der Waals surface area contributed by atoms with Gasteiger partial charge in [0.1, 0.15) is 5.75 Å². The largest absolute Gasteiger partial charge is 0.496 e. The Balaban J connectivity index is 2.61. The van der Waals surface area contributed by atoms with Crippen LogP contribution in [0.4, 0.5) is 0 Å².